The molecule has 1 aliphatic heterocycles. The molecule has 0 bridgehead atoms. The number of hydrogen-bond donors (Lipinski definition) is 3. The van der Waals surface area contributed by atoms with Gasteiger partial charge in [-0.1, -0.05) is 20.3 Å². The molecule has 3 atom stereocenters. The highest BCUT2D eigenvalue weighted by molar-refractivity contribution is 7.90. The van der Waals surface area contributed by atoms with Gasteiger partial charge in [-0.25, -0.2) is 22.5 Å². The van der Waals surface area contributed by atoms with E-state index in [1.165, 1.54) is 16.8 Å². The third-order valence-electron chi connectivity index (χ3n) is 5.30. The normalized spacial score (nSPS) is 23.0. The van der Waals surface area contributed by atoms with E-state index in [0.29, 0.717) is 23.3 Å². The summed E-state index contributed by atoms with van der Waals surface area (Å²) in [6, 6.07) is 3.03. The minimum atomic E-state index is -3.26. The van der Waals surface area contributed by atoms with Crippen molar-refractivity contribution >= 4 is 21.5 Å². The van der Waals surface area contributed by atoms with E-state index in [1.54, 1.807) is 7.05 Å². The maximum Gasteiger partial charge on any atom is 0.272 e. The van der Waals surface area contributed by atoms with Gasteiger partial charge in [0.1, 0.15) is 15.6 Å². The summed E-state index contributed by atoms with van der Waals surface area (Å²) < 4.78 is 52.4. The van der Waals surface area contributed by atoms with Gasteiger partial charge in [-0.15, -0.1) is 0 Å². The van der Waals surface area contributed by atoms with Gasteiger partial charge in [-0.05, 0) is 30.9 Å². The third kappa shape index (κ3) is 3.81. The Morgan fingerprint density at radius 3 is 2.79 bits per heavy atom. The lowest BCUT2D eigenvalue weighted by molar-refractivity contribution is 0.101. The molecule has 2 aromatic rings. The van der Waals surface area contributed by atoms with E-state index in [2.05, 4.69) is 10.0 Å². The number of nitrogens with one attached hydrogen (secondary N) is 3. The molecule has 0 aliphatic carbocycles. The number of carbonyl (C=O) groups excluding carboxylic acids is 1. The van der Waals surface area contributed by atoms with Gasteiger partial charge in [0.15, 0.2) is 11.6 Å². The number of benzene rings is 1. The molecule has 28 heavy (non-hydrogen) atoms. The van der Waals surface area contributed by atoms with Crippen LogP contribution in [0.3, 0.4) is 0 Å². The Balaban J connectivity index is 1.96. The van der Waals surface area contributed by atoms with Crippen molar-refractivity contribution in [1.82, 2.24) is 9.29 Å². The van der Waals surface area contributed by atoms with Gasteiger partial charge < -0.3 is 9.88 Å². The lowest BCUT2D eigenvalue weighted by atomic mass is 9.94. The zero-order valence-electron chi connectivity index (χ0n) is 16.0. The summed E-state index contributed by atoms with van der Waals surface area (Å²) in [4.78, 5) is 13.1. The molecule has 1 aromatic heterocycles. The van der Waals surface area contributed by atoms with Gasteiger partial charge >= 0.3 is 0 Å². The number of fused-ring (bicyclic) bond motifs is 1. The Kier molecular flexibility index (Phi) is 5.58. The van der Waals surface area contributed by atoms with Gasteiger partial charge in [0.25, 0.3) is 5.91 Å². The molecule has 152 valence electrons. The molecule has 3 N–H and O–H groups in total. The Labute approximate surface area is 163 Å². The standard InChI is InChI=1S/C19H24F2N4O2S/c1-4-11(2)16-8-6-13-17(28(22,27)24-16)10-25(3)18(13)19(26)23-12-5-7-14(20)15(21)9-12/h5,7,9-11,16H,4,6,8H2,1-3H3,(H,23,26)(H2,22,24,27)/t11-,16?,28?/m0/s1. The SMILES string of the molecule is CC[C@H](C)C1CCc2c(cn(C)c2C(=O)Nc2ccc(F)c(F)c2)S(=N)(=O)N1. The number of halogens is 2. The zero-order chi connectivity index (χ0) is 20.6. The van der Waals surface area contributed by atoms with Crippen molar-refractivity contribution in [3.63, 3.8) is 0 Å². The highest BCUT2D eigenvalue weighted by Gasteiger charge is 2.32. The molecule has 3 rings (SSSR count). The molecule has 1 amide bonds. The molecule has 6 nitrogen and oxygen atoms in total. The van der Waals surface area contributed by atoms with Crippen molar-refractivity contribution in [3.05, 3.63) is 47.3 Å². The van der Waals surface area contributed by atoms with Crippen LogP contribution in [0.1, 0.15) is 42.7 Å². The van der Waals surface area contributed by atoms with Crippen LogP contribution >= 0.6 is 0 Å². The van der Waals surface area contributed by atoms with Crippen LogP contribution in [0.2, 0.25) is 0 Å². The van der Waals surface area contributed by atoms with E-state index in [0.717, 1.165) is 18.6 Å². The van der Waals surface area contributed by atoms with Crippen LogP contribution in [-0.2, 0) is 23.4 Å². The number of carbonyl (C=O) groups is 1. The number of anilines is 1. The highest BCUT2D eigenvalue weighted by Crippen LogP contribution is 2.30. The second-order valence-corrected chi connectivity index (χ2v) is 9.01. The molecule has 2 unspecified atom stereocenters. The average molecular weight is 410 g/mol. The number of aryl methyl sites for hydroxylation is 1. The number of amides is 1. The highest BCUT2D eigenvalue weighted by atomic mass is 32.2. The first-order valence-electron chi connectivity index (χ1n) is 9.14. The molecule has 0 saturated heterocycles. The molecular weight excluding hydrogens is 386 g/mol. The summed E-state index contributed by atoms with van der Waals surface area (Å²) in [6.45, 7) is 4.08. The quantitative estimate of drug-likeness (QED) is 0.715. The van der Waals surface area contributed by atoms with Crippen LogP contribution in [-0.4, -0.2) is 20.7 Å². The van der Waals surface area contributed by atoms with Crippen molar-refractivity contribution in [2.75, 3.05) is 5.32 Å². The van der Waals surface area contributed by atoms with Crippen molar-refractivity contribution in [1.29, 1.82) is 4.78 Å². The molecule has 2 heterocycles. The number of hydrogen-bond acceptors (Lipinski definition) is 3. The molecule has 0 fully saturated rings. The molecule has 1 aliphatic rings. The first-order valence-corrected chi connectivity index (χ1v) is 10.7. The zero-order valence-corrected chi connectivity index (χ0v) is 16.8. The number of nitrogens with zero attached hydrogens (tertiary/aromatic N) is 1. The van der Waals surface area contributed by atoms with Gasteiger partial charge in [0.2, 0.25) is 0 Å². The fourth-order valence-corrected chi connectivity index (χ4v) is 5.28. The molecule has 1 aromatic carbocycles. The van der Waals surface area contributed by atoms with E-state index in [-0.39, 0.29) is 23.3 Å². The second-order valence-electron chi connectivity index (χ2n) is 7.22. The van der Waals surface area contributed by atoms with Gasteiger partial charge in [-0.2, -0.15) is 0 Å². The average Bonchev–Trinajstić information content (AvgIpc) is 2.92. The molecule has 9 heteroatoms. The minimum Gasteiger partial charge on any atom is -0.345 e. The van der Waals surface area contributed by atoms with E-state index in [1.807, 2.05) is 13.8 Å². The Hall–Kier alpha value is -2.26. The predicted molar refractivity (Wildman–Crippen MR) is 104 cm³/mol. The smallest absolute Gasteiger partial charge is 0.272 e. The van der Waals surface area contributed by atoms with Crippen molar-refractivity contribution in [2.24, 2.45) is 13.0 Å². The van der Waals surface area contributed by atoms with Crippen molar-refractivity contribution in [3.8, 4) is 0 Å². The largest absolute Gasteiger partial charge is 0.345 e. The summed E-state index contributed by atoms with van der Waals surface area (Å²) >= 11 is 0. The van der Waals surface area contributed by atoms with E-state index in [4.69, 9.17) is 4.78 Å². The van der Waals surface area contributed by atoms with Gasteiger partial charge in [0.05, 0.1) is 4.90 Å². The summed E-state index contributed by atoms with van der Waals surface area (Å²) in [5.74, 6) is -2.34. The van der Waals surface area contributed by atoms with E-state index < -0.39 is 27.5 Å². The van der Waals surface area contributed by atoms with Crippen LogP contribution in [0.4, 0.5) is 14.5 Å². The summed E-state index contributed by atoms with van der Waals surface area (Å²) in [5.41, 5.74) is 0.946. The predicted octanol–water partition coefficient (Wildman–Crippen LogP) is 3.83. The fourth-order valence-electron chi connectivity index (χ4n) is 3.52. The number of rotatable bonds is 4. The van der Waals surface area contributed by atoms with E-state index in [9.17, 15) is 17.8 Å². The first-order chi connectivity index (χ1) is 13.1. The fraction of sp³-hybridized carbons (Fsp3) is 0.421. The summed E-state index contributed by atoms with van der Waals surface area (Å²) in [5, 5.41) is 2.56. The lowest BCUT2D eigenvalue weighted by Gasteiger charge is -2.22. The van der Waals surface area contributed by atoms with Crippen LogP contribution in [0.5, 0.6) is 0 Å². The Bertz CT molecular complexity index is 1020. The molecule has 0 saturated carbocycles. The monoisotopic (exact) mass is 410 g/mol. The van der Waals surface area contributed by atoms with Crippen molar-refractivity contribution < 1.29 is 17.8 Å². The number of aromatic nitrogens is 1. The van der Waals surface area contributed by atoms with Crippen LogP contribution in [0, 0.1) is 22.3 Å². The van der Waals surface area contributed by atoms with E-state index >= 15 is 0 Å². The van der Waals surface area contributed by atoms with Gasteiger partial charge in [-0.3, -0.25) is 4.79 Å². The van der Waals surface area contributed by atoms with Crippen LogP contribution in [0.25, 0.3) is 0 Å². The Morgan fingerprint density at radius 2 is 2.14 bits per heavy atom. The topological polar surface area (TPSA) is 87.0 Å². The first kappa shape index (κ1) is 20.5. The maximum atomic E-state index is 13.4. The van der Waals surface area contributed by atoms with Crippen LogP contribution < -0.4 is 10.0 Å². The minimum absolute atomic E-state index is 0.0881. The van der Waals surface area contributed by atoms with Crippen molar-refractivity contribution in [2.45, 2.75) is 44.0 Å². The third-order valence-corrected chi connectivity index (χ3v) is 6.91. The maximum absolute atomic E-state index is 13.4. The molecule has 0 radical (unpaired) electrons. The second kappa shape index (κ2) is 7.63. The summed E-state index contributed by atoms with van der Waals surface area (Å²) in [6.07, 6.45) is 3.56. The lowest BCUT2D eigenvalue weighted by Crippen LogP contribution is -2.37. The van der Waals surface area contributed by atoms with Crippen LogP contribution in [0.15, 0.2) is 29.3 Å². The van der Waals surface area contributed by atoms with Gasteiger partial charge in [0, 0.05) is 36.6 Å². The molecular formula is C19H24F2N4O2S. The summed E-state index contributed by atoms with van der Waals surface area (Å²) in [7, 11) is -1.63. The Morgan fingerprint density at radius 1 is 1.43 bits per heavy atom. The molecule has 0 spiro atoms.